The average Bonchev–Trinajstić information content (AvgIpc) is 3.63. The van der Waals surface area contributed by atoms with Gasteiger partial charge in [-0.1, -0.05) is 46.3 Å². The van der Waals surface area contributed by atoms with Gasteiger partial charge in [0.1, 0.15) is 67.1 Å². The first-order valence-electron chi connectivity index (χ1n) is 23.9. The van der Waals surface area contributed by atoms with Crippen molar-refractivity contribution in [1.29, 1.82) is 0 Å². The third-order valence-corrected chi connectivity index (χ3v) is 18.3. The molecule has 4 aliphatic carbocycles. The van der Waals surface area contributed by atoms with Crippen LogP contribution in [0.2, 0.25) is 0 Å². The van der Waals surface area contributed by atoms with Gasteiger partial charge in [0.2, 0.25) is 0 Å². The Morgan fingerprint density at radius 1 is 0.692 bits per heavy atom. The number of aliphatic hydroxyl groups excluding tert-OH is 12. The molecule has 65 heavy (non-hydrogen) atoms. The van der Waals surface area contributed by atoms with Gasteiger partial charge in [-0.3, -0.25) is 0 Å². The van der Waals surface area contributed by atoms with Gasteiger partial charge in [0, 0.05) is 0 Å². The van der Waals surface area contributed by atoms with Crippen molar-refractivity contribution >= 4 is 0 Å². The fourth-order valence-corrected chi connectivity index (χ4v) is 14.6. The molecule has 0 radical (unpaired) electrons. The first-order valence-corrected chi connectivity index (χ1v) is 23.9. The van der Waals surface area contributed by atoms with E-state index in [1.807, 2.05) is 34.6 Å². The number of fused-ring (bicyclic) bond motifs is 5. The van der Waals surface area contributed by atoms with Gasteiger partial charge in [-0.2, -0.15) is 0 Å². The van der Waals surface area contributed by atoms with E-state index in [0.717, 1.165) is 5.57 Å². The van der Waals surface area contributed by atoms with E-state index < -0.39 is 145 Å². The highest BCUT2D eigenvalue weighted by atomic mass is 16.8. The summed E-state index contributed by atoms with van der Waals surface area (Å²) in [5, 5.41) is 131. The third kappa shape index (κ3) is 8.72. The summed E-state index contributed by atoms with van der Waals surface area (Å²) in [6, 6.07) is 0. The van der Waals surface area contributed by atoms with Crippen LogP contribution in [-0.4, -0.2) is 191 Å². The van der Waals surface area contributed by atoms with Gasteiger partial charge in [0.05, 0.1) is 43.7 Å². The fourth-order valence-electron chi connectivity index (χ4n) is 14.6. The molecule has 7 aliphatic rings. The summed E-state index contributed by atoms with van der Waals surface area (Å²) >= 11 is 0. The Bertz CT molecular complexity index is 1660. The van der Waals surface area contributed by atoms with Crippen LogP contribution in [0, 0.1) is 45.3 Å². The van der Waals surface area contributed by atoms with Crippen molar-refractivity contribution < 1.29 is 89.7 Å². The Hall–Kier alpha value is -0.980. The molecule has 3 saturated heterocycles. The van der Waals surface area contributed by atoms with Crippen LogP contribution in [0.25, 0.3) is 0 Å². The molecule has 3 aliphatic heterocycles. The zero-order chi connectivity index (χ0) is 47.9. The number of ether oxygens (including phenoxy) is 6. The molecule has 18 nitrogen and oxygen atoms in total. The van der Waals surface area contributed by atoms with Crippen molar-refractivity contribution in [3.63, 3.8) is 0 Å². The second-order valence-corrected chi connectivity index (χ2v) is 22.6. The number of hydrogen-bond acceptors (Lipinski definition) is 18. The molecule has 0 bridgehead atoms. The molecule has 3 heterocycles. The van der Waals surface area contributed by atoms with Crippen LogP contribution >= 0.6 is 0 Å². The zero-order valence-electron chi connectivity index (χ0n) is 39.3. The Kier molecular flexibility index (Phi) is 15.1. The minimum Gasteiger partial charge on any atom is -0.394 e. The predicted molar refractivity (Wildman–Crippen MR) is 229 cm³/mol. The smallest absolute Gasteiger partial charge is 0.187 e. The Morgan fingerprint density at radius 3 is 1.94 bits per heavy atom. The first-order chi connectivity index (χ1) is 30.3. The van der Waals surface area contributed by atoms with Gasteiger partial charge in [-0.15, -0.1) is 0 Å². The third-order valence-electron chi connectivity index (χ3n) is 18.3. The highest BCUT2D eigenvalue weighted by molar-refractivity contribution is 5.22. The van der Waals surface area contributed by atoms with Crippen LogP contribution in [-0.2, 0) is 28.4 Å². The van der Waals surface area contributed by atoms with Crippen molar-refractivity contribution in [3.05, 3.63) is 11.6 Å². The van der Waals surface area contributed by atoms with E-state index in [1.54, 1.807) is 0 Å². The molecule has 12 N–H and O–H groups in total. The lowest BCUT2D eigenvalue weighted by atomic mass is 9.34. The van der Waals surface area contributed by atoms with Crippen molar-refractivity contribution in [1.82, 2.24) is 0 Å². The highest BCUT2D eigenvalue weighted by Gasteiger charge is 2.74. The van der Waals surface area contributed by atoms with Crippen LogP contribution in [0.3, 0.4) is 0 Å². The summed E-state index contributed by atoms with van der Waals surface area (Å²) in [4.78, 5) is 0. The summed E-state index contributed by atoms with van der Waals surface area (Å²) in [7, 11) is 0. The molecule has 22 unspecified atom stereocenters. The largest absolute Gasteiger partial charge is 0.394 e. The highest BCUT2D eigenvalue weighted by Crippen LogP contribution is 2.76. The van der Waals surface area contributed by atoms with Crippen molar-refractivity contribution in [3.8, 4) is 0 Å². The normalized spacial score (nSPS) is 53.0. The van der Waals surface area contributed by atoms with Gasteiger partial charge < -0.3 is 89.7 Å². The molecule has 0 aromatic heterocycles. The van der Waals surface area contributed by atoms with Crippen LogP contribution < -0.4 is 0 Å². The Morgan fingerprint density at radius 2 is 1.31 bits per heavy atom. The predicted octanol–water partition coefficient (Wildman–Crippen LogP) is -0.417. The molecule has 376 valence electrons. The Balaban J connectivity index is 1.27. The van der Waals surface area contributed by atoms with E-state index in [0.29, 0.717) is 51.4 Å². The minimum absolute atomic E-state index is 0.0828. The molecule has 0 amide bonds. The molecule has 7 fully saturated rings. The Labute approximate surface area is 382 Å². The van der Waals surface area contributed by atoms with Crippen LogP contribution in [0.1, 0.15) is 107 Å². The first kappa shape index (κ1) is 51.9. The summed E-state index contributed by atoms with van der Waals surface area (Å²) in [5.41, 5.74) is -2.41. The van der Waals surface area contributed by atoms with E-state index in [-0.39, 0.29) is 30.3 Å². The van der Waals surface area contributed by atoms with Crippen LogP contribution in [0.4, 0.5) is 0 Å². The summed E-state index contributed by atoms with van der Waals surface area (Å²) in [6.07, 6.45) is -17.2. The molecular weight excluding hydrogens is 852 g/mol. The van der Waals surface area contributed by atoms with Gasteiger partial charge >= 0.3 is 0 Å². The van der Waals surface area contributed by atoms with Gasteiger partial charge in [-0.25, -0.2) is 0 Å². The summed E-state index contributed by atoms with van der Waals surface area (Å²) in [6.45, 7) is 15.0. The molecule has 7 rings (SSSR count). The monoisotopic (exact) mass is 933 g/mol. The van der Waals surface area contributed by atoms with Gasteiger partial charge in [0.25, 0.3) is 0 Å². The molecule has 0 aromatic carbocycles. The molecule has 0 aromatic rings. The standard InChI is InChI=1S/C47H80O18/c1-21(2)10-9-13-47(8,65-41-37(59)34(56)32(54)26(18-48)62-41)22-11-15-45(6)30(22)23(50)16-28-44(5)14-12-29(52)43(3,4)39(44)25(17-46(28,45)7)61-42-38(35(57)33(55)27(19-49)63-42)64-40-36(58)31(53)24(51)20-60-40/h10,22-42,48-59H,9,11-20H2,1-8H3/t22?,23?,24?,25?,26?,27?,28?,29?,30?,31?,32?,33?,34?,35?,36?,37?,38?,39?,40-,41?,42?,44-,45?,46?,47+/m0/s1. The molecule has 18 heteroatoms. The molecule has 25 atom stereocenters. The quantitative estimate of drug-likeness (QED) is 0.0874. The minimum atomic E-state index is -1.73. The van der Waals surface area contributed by atoms with Crippen molar-refractivity contribution in [2.75, 3.05) is 19.8 Å². The maximum absolute atomic E-state index is 12.7. The topological polar surface area (TPSA) is 298 Å². The fraction of sp³-hybridized carbons (Fsp3) is 0.957. The SMILES string of the molecule is CC(C)=CCC[C@@](C)(OC1OC(CO)C(O)C(O)C1O)C1CCC2(C)C1C(O)CC1C2(C)CC(OC2OC(CO)C(O)C(O)C2O[C@@H]2OCC(O)C(O)C2O)C2C(C)(C)C(O)CC[C@]21C. The van der Waals surface area contributed by atoms with Crippen molar-refractivity contribution in [2.24, 2.45) is 45.3 Å². The number of allylic oxidation sites excluding steroid dienone is 2. The number of aliphatic hydroxyl groups is 12. The maximum atomic E-state index is 12.7. The second kappa shape index (κ2) is 19.0. The maximum Gasteiger partial charge on any atom is 0.187 e. The van der Waals surface area contributed by atoms with Crippen LogP contribution in [0.15, 0.2) is 11.6 Å². The van der Waals surface area contributed by atoms with E-state index in [1.165, 1.54) is 0 Å². The lowest BCUT2D eigenvalue weighted by Crippen LogP contribution is -2.71. The second-order valence-electron chi connectivity index (χ2n) is 22.6. The van der Waals surface area contributed by atoms with E-state index in [2.05, 4.69) is 26.8 Å². The number of rotatable bonds is 12. The number of hydrogen-bond donors (Lipinski definition) is 12. The van der Waals surface area contributed by atoms with Gasteiger partial charge in [0.15, 0.2) is 18.9 Å². The average molecular weight is 933 g/mol. The summed E-state index contributed by atoms with van der Waals surface area (Å²) in [5.74, 6) is -1.11. The van der Waals surface area contributed by atoms with Crippen LogP contribution in [0.5, 0.6) is 0 Å². The zero-order valence-corrected chi connectivity index (χ0v) is 39.3. The molecular formula is C47H80O18. The van der Waals surface area contributed by atoms with Gasteiger partial charge in [-0.05, 0) is 117 Å². The molecule has 4 saturated carbocycles. The van der Waals surface area contributed by atoms with E-state index in [9.17, 15) is 61.3 Å². The lowest BCUT2D eigenvalue weighted by molar-refractivity contribution is -0.377. The lowest BCUT2D eigenvalue weighted by Gasteiger charge is -2.72. The van der Waals surface area contributed by atoms with E-state index in [4.69, 9.17) is 28.4 Å². The molecule has 0 spiro atoms. The summed E-state index contributed by atoms with van der Waals surface area (Å²) < 4.78 is 37.7. The van der Waals surface area contributed by atoms with Crippen molar-refractivity contribution in [2.45, 2.75) is 217 Å². The van der Waals surface area contributed by atoms with E-state index >= 15 is 0 Å².